The molecule has 2 saturated heterocycles. The van der Waals surface area contributed by atoms with Gasteiger partial charge in [0.05, 0.1) is 11.3 Å². The van der Waals surface area contributed by atoms with Gasteiger partial charge in [0.2, 0.25) is 10.0 Å². The topological polar surface area (TPSA) is 90.7 Å². The molecule has 1 aromatic carbocycles. The second-order valence-electron chi connectivity index (χ2n) is 6.93. The fraction of sp³-hybridized carbons (Fsp3) is 0.579. The molecule has 2 heterocycles. The van der Waals surface area contributed by atoms with Gasteiger partial charge in [0.1, 0.15) is 11.0 Å². The summed E-state index contributed by atoms with van der Waals surface area (Å²) in [5.41, 5.74) is 0.804. The third kappa shape index (κ3) is 4.42. The Kier molecular flexibility index (Phi) is 6.34. The van der Waals surface area contributed by atoms with Gasteiger partial charge in [-0.05, 0) is 50.3 Å². The molecule has 0 saturated carbocycles. The van der Waals surface area contributed by atoms with Crippen molar-refractivity contribution in [3.8, 4) is 6.07 Å². The molecule has 0 bridgehead atoms. The van der Waals surface area contributed by atoms with Gasteiger partial charge in [-0.1, -0.05) is 6.42 Å². The van der Waals surface area contributed by atoms with Crippen LogP contribution in [0.4, 0.5) is 5.69 Å². The van der Waals surface area contributed by atoms with Crippen molar-refractivity contribution in [3.05, 3.63) is 23.8 Å². The molecule has 27 heavy (non-hydrogen) atoms. The van der Waals surface area contributed by atoms with Gasteiger partial charge in [0.25, 0.3) is 0 Å². The Hall–Kier alpha value is -2.11. The number of nitrogens with zero attached hydrogens (tertiary/aromatic N) is 3. The molecule has 2 aliphatic heterocycles. The van der Waals surface area contributed by atoms with Crippen molar-refractivity contribution in [3.63, 3.8) is 0 Å². The summed E-state index contributed by atoms with van der Waals surface area (Å²) in [6.45, 7) is 2.26. The maximum atomic E-state index is 13.3. The average molecular weight is 391 g/mol. The first-order chi connectivity index (χ1) is 13.0. The molecule has 2 fully saturated rings. The summed E-state index contributed by atoms with van der Waals surface area (Å²) in [6.07, 6.45) is 5.92. The summed E-state index contributed by atoms with van der Waals surface area (Å²) in [4.78, 5) is 14.4. The fourth-order valence-corrected chi connectivity index (χ4v) is 5.42. The van der Waals surface area contributed by atoms with E-state index in [0.717, 1.165) is 51.6 Å². The fourth-order valence-electron chi connectivity index (χ4n) is 3.67. The van der Waals surface area contributed by atoms with Gasteiger partial charge in [-0.15, -0.1) is 0 Å². The molecule has 0 spiro atoms. The predicted molar refractivity (Wildman–Crippen MR) is 101 cm³/mol. The monoisotopic (exact) mass is 391 g/mol. The van der Waals surface area contributed by atoms with Crippen LogP contribution in [0.15, 0.2) is 23.1 Å². The van der Waals surface area contributed by atoms with Crippen LogP contribution in [0.25, 0.3) is 0 Å². The van der Waals surface area contributed by atoms with Crippen molar-refractivity contribution in [1.82, 2.24) is 4.31 Å². The van der Waals surface area contributed by atoms with E-state index < -0.39 is 16.0 Å². The molecule has 0 unspecified atom stereocenters. The molecule has 0 aliphatic carbocycles. The Morgan fingerprint density at radius 2 is 1.67 bits per heavy atom. The Morgan fingerprint density at radius 1 is 1.04 bits per heavy atom. The molecule has 7 nitrogen and oxygen atoms in total. The molecule has 0 radical (unpaired) electrons. The lowest BCUT2D eigenvalue weighted by Crippen LogP contribution is -2.37. The van der Waals surface area contributed by atoms with Crippen LogP contribution in [0.3, 0.4) is 0 Å². The second-order valence-corrected chi connectivity index (χ2v) is 8.84. The molecule has 146 valence electrons. The van der Waals surface area contributed by atoms with Crippen molar-refractivity contribution in [2.24, 2.45) is 0 Å². The Labute approximate surface area is 160 Å². The van der Waals surface area contributed by atoms with Crippen LogP contribution in [-0.4, -0.2) is 51.5 Å². The zero-order chi connectivity index (χ0) is 19.3. The summed E-state index contributed by atoms with van der Waals surface area (Å²) in [5.74, 6) is -0.683. The van der Waals surface area contributed by atoms with Crippen molar-refractivity contribution >= 4 is 21.7 Å². The standard InChI is InChI=1S/C19H25N3O4S/c20-9-14-26-19(23)16-7-8-17(21-10-3-1-4-11-21)18(15-16)27(24,25)22-12-5-2-6-13-22/h7-8,15H,1-6,10-14H2. The highest BCUT2D eigenvalue weighted by atomic mass is 32.2. The number of carbonyl (C=O) groups excluding carboxylic acids is 1. The minimum absolute atomic E-state index is 0.154. The van der Waals surface area contributed by atoms with E-state index in [4.69, 9.17) is 10.00 Å². The van der Waals surface area contributed by atoms with Gasteiger partial charge in [0, 0.05) is 26.2 Å². The molecule has 0 N–H and O–H groups in total. The average Bonchev–Trinajstić information content (AvgIpc) is 2.73. The van der Waals surface area contributed by atoms with Crippen LogP contribution < -0.4 is 4.90 Å². The first-order valence-electron chi connectivity index (χ1n) is 9.47. The number of hydrogen-bond donors (Lipinski definition) is 0. The number of hydrogen-bond acceptors (Lipinski definition) is 6. The third-order valence-corrected chi connectivity index (χ3v) is 7.02. The molecule has 3 rings (SSSR count). The number of nitriles is 1. The van der Waals surface area contributed by atoms with E-state index in [1.807, 2.05) is 0 Å². The summed E-state index contributed by atoms with van der Waals surface area (Å²) in [6, 6.07) is 6.44. The SMILES string of the molecule is N#CCOC(=O)c1ccc(N2CCCCC2)c(S(=O)(=O)N2CCCCC2)c1. The first-order valence-corrected chi connectivity index (χ1v) is 10.9. The minimum atomic E-state index is -3.70. The van der Waals surface area contributed by atoms with Crippen LogP contribution in [0.5, 0.6) is 0 Å². The van der Waals surface area contributed by atoms with Gasteiger partial charge in [-0.3, -0.25) is 0 Å². The van der Waals surface area contributed by atoms with E-state index in [2.05, 4.69) is 4.90 Å². The summed E-state index contributed by atoms with van der Waals surface area (Å²) >= 11 is 0. The highest BCUT2D eigenvalue weighted by Crippen LogP contribution is 2.32. The smallest absolute Gasteiger partial charge is 0.339 e. The van der Waals surface area contributed by atoms with Crippen molar-refractivity contribution < 1.29 is 17.9 Å². The van der Waals surface area contributed by atoms with Gasteiger partial charge in [-0.2, -0.15) is 9.57 Å². The van der Waals surface area contributed by atoms with E-state index in [-0.39, 0.29) is 17.1 Å². The van der Waals surface area contributed by atoms with Crippen LogP contribution in [0.2, 0.25) is 0 Å². The number of benzene rings is 1. The van der Waals surface area contributed by atoms with Crippen LogP contribution in [0, 0.1) is 11.3 Å². The maximum Gasteiger partial charge on any atom is 0.339 e. The second kappa shape index (κ2) is 8.72. The molecule has 0 amide bonds. The van der Waals surface area contributed by atoms with E-state index in [1.54, 1.807) is 18.2 Å². The quantitative estimate of drug-likeness (QED) is 0.717. The lowest BCUT2D eigenvalue weighted by molar-refractivity contribution is 0.0554. The molecule has 2 aliphatic rings. The molecule has 8 heteroatoms. The molecule has 0 aromatic heterocycles. The van der Waals surface area contributed by atoms with Crippen molar-refractivity contribution in [2.75, 3.05) is 37.7 Å². The Balaban J connectivity index is 2.00. The van der Waals surface area contributed by atoms with E-state index >= 15 is 0 Å². The minimum Gasteiger partial charge on any atom is -0.447 e. The van der Waals surface area contributed by atoms with Crippen LogP contribution >= 0.6 is 0 Å². The molecule has 0 atom stereocenters. The highest BCUT2D eigenvalue weighted by Gasteiger charge is 2.31. The van der Waals surface area contributed by atoms with Gasteiger partial charge >= 0.3 is 5.97 Å². The largest absolute Gasteiger partial charge is 0.447 e. The Bertz CT molecular complexity index is 820. The number of anilines is 1. The Morgan fingerprint density at radius 3 is 2.30 bits per heavy atom. The van der Waals surface area contributed by atoms with E-state index in [1.165, 1.54) is 10.4 Å². The number of rotatable bonds is 5. The normalized spacial score (nSPS) is 18.7. The third-order valence-electron chi connectivity index (χ3n) is 5.09. The lowest BCUT2D eigenvalue weighted by atomic mass is 10.1. The molecule has 1 aromatic rings. The van der Waals surface area contributed by atoms with Gasteiger partial charge in [-0.25, -0.2) is 13.2 Å². The number of piperidine rings is 2. The summed E-state index contributed by atoms with van der Waals surface area (Å²) in [7, 11) is -3.70. The zero-order valence-electron chi connectivity index (χ0n) is 15.4. The van der Waals surface area contributed by atoms with E-state index in [0.29, 0.717) is 18.8 Å². The van der Waals surface area contributed by atoms with Gasteiger partial charge in [0.15, 0.2) is 6.61 Å². The molecular formula is C19H25N3O4S. The maximum absolute atomic E-state index is 13.3. The number of ether oxygens (including phenoxy) is 1. The van der Waals surface area contributed by atoms with Crippen molar-refractivity contribution in [1.29, 1.82) is 5.26 Å². The lowest BCUT2D eigenvalue weighted by Gasteiger charge is -2.32. The van der Waals surface area contributed by atoms with E-state index in [9.17, 15) is 13.2 Å². The molecular weight excluding hydrogens is 366 g/mol. The van der Waals surface area contributed by atoms with Crippen LogP contribution in [-0.2, 0) is 14.8 Å². The first kappa shape index (κ1) is 19.6. The summed E-state index contributed by atoms with van der Waals surface area (Å²) in [5, 5.41) is 8.59. The number of carbonyl (C=O) groups is 1. The zero-order valence-corrected chi connectivity index (χ0v) is 16.2. The van der Waals surface area contributed by atoms with Gasteiger partial charge < -0.3 is 9.64 Å². The van der Waals surface area contributed by atoms with Crippen molar-refractivity contribution in [2.45, 2.75) is 43.4 Å². The summed E-state index contributed by atoms with van der Waals surface area (Å²) < 4.78 is 33.0. The predicted octanol–water partition coefficient (Wildman–Crippen LogP) is 2.53. The number of sulfonamides is 1. The highest BCUT2D eigenvalue weighted by molar-refractivity contribution is 7.89. The number of esters is 1. The van der Waals surface area contributed by atoms with Crippen LogP contribution in [0.1, 0.15) is 48.9 Å².